The van der Waals surface area contributed by atoms with Gasteiger partial charge >= 0.3 is 6.18 Å². The van der Waals surface area contributed by atoms with E-state index in [0.717, 1.165) is 25.0 Å². The molecule has 0 spiro atoms. The van der Waals surface area contributed by atoms with Gasteiger partial charge in [0.05, 0.1) is 11.3 Å². The van der Waals surface area contributed by atoms with Crippen LogP contribution in [0, 0.1) is 5.92 Å². The van der Waals surface area contributed by atoms with Gasteiger partial charge in [-0.05, 0) is 37.1 Å². The van der Waals surface area contributed by atoms with Gasteiger partial charge in [0.1, 0.15) is 0 Å². The van der Waals surface area contributed by atoms with E-state index >= 15 is 0 Å². The van der Waals surface area contributed by atoms with Crippen LogP contribution in [-0.2, 0) is 20.8 Å². The lowest BCUT2D eigenvalue weighted by molar-refractivity contribution is -0.137. The fourth-order valence-corrected chi connectivity index (χ4v) is 3.66. The molecule has 1 aliphatic rings. The van der Waals surface area contributed by atoms with E-state index in [1.165, 1.54) is 29.1 Å². The molecular formula is C16H16F3N3O3S. The van der Waals surface area contributed by atoms with E-state index in [1.807, 2.05) is 0 Å². The Kier molecular flexibility index (Phi) is 4.78. The van der Waals surface area contributed by atoms with Gasteiger partial charge in [-0.25, -0.2) is 13.4 Å². The van der Waals surface area contributed by atoms with Crippen LogP contribution in [0.4, 0.5) is 13.2 Å². The lowest BCUT2D eigenvalue weighted by atomic mass is 10.2. The number of sulfone groups is 1. The van der Waals surface area contributed by atoms with Gasteiger partial charge in [0, 0.05) is 30.5 Å². The van der Waals surface area contributed by atoms with Crippen LogP contribution in [0.15, 0.2) is 41.8 Å². The summed E-state index contributed by atoms with van der Waals surface area (Å²) >= 11 is 0. The van der Waals surface area contributed by atoms with Crippen molar-refractivity contribution in [1.29, 1.82) is 0 Å². The second kappa shape index (κ2) is 6.75. The zero-order chi connectivity index (χ0) is 18.9. The predicted molar refractivity (Wildman–Crippen MR) is 86.4 cm³/mol. The maximum atomic E-state index is 12.6. The quantitative estimate of drug-likeness (QED) is 0.824. The van der Waals surface area contributed by atoms with Gasteiger partial charge in [0.25, 0.3) is 0 Å². The Morgan fingerprint density at radius 1 is 1.23 bits per heavy atom. The van der Waals surface area contributed by atoms with Crippen molar-refractivity contribution in [2.45, 2.75) is 24.2 Å². The fourth-order valence-electron chi connectivity index (χ4n) is 2.42. The number of aromatic nitrogens is 2. The number of benzene rings is 1. The molecule has 1 aromatic heterocycles. The Morgan fingerprint density at radius 2 is 1.88 bits per heavy atom. The number of hydrogen-bond acceptors (Lipinski definition) is 4. The smallest absolute Gasteiger partial charge is 0.355 e. The van der Waals surface area contributed by atoms with E-state index in [2.05, 4.69) is 10.3 Å². The summed E-state index contributed by atoms with van der Waals surface area (Å²) in [5, 5.41) is 2.29. The van der Waals surface area contributed by atoms with Crippen molar-refractivity contribution in [2.75, 3.05) is 12.3 Å². The van der Waals surface area contributed by atoms with Gasteiger partial charge < -0.3 is 5.32 Å². The van der Waals surface area contributed by atoms with Crippen LogP contribution in [0.2, 0.25) is 0 Å². The Labute approximate surface area is 148 Å². The first-order valence-corrected chi connectivity index (χ1v) is 9.55. The summed E-state index contributed by atoms with van der Waals surface area (Å²) in [5.41, 5.74) is -0.579. The Bertz CT molecular complexity index is 901. The largest absolute Gasteiger partial charge is 0.416 e. The number of carbonyl (C=O) groups is 1. The van der Waals surface area contributed by atoms with Crippen LogP contribution < -0.4 is 5.32 Å². The van der Waals surface area contributed by atoms with Crippen molar-refractivity contribution in [3.05, 3.63) is 42.2 Å². The lowest BCUT2D eigenvalue weighted by Crippen LogP contribution is -2.30. The van der Waals surface area contributed by atoms with E-state index in [4.69, 9.17) is 0 Å². The highest BCUT2D eigenvalue weighted by Crippen LogP contribution is 2.30. The molecule has 26 heavy (non-hydrogen) atoms. The molecule has 1 amide bonds. The third-order valence-corrected chi connectivity index (χ3v) is 5.58. The van der Waals surface area contributed by atoms with E-state index in [0.29, 0.717) is 0 Å². The second-order valence-electron chi connectivity index (χ2n) is 6.01. The Hall–Kier alpha value is -2.36. The third kappa shape index (κ3) is 4.06. The molecule has 1 N–H and O–H groups in total. The SMILES string of the molecule is O=C(NCCS(=O)(=O)c1nccn1-c1ccc(C(F)(F)F)cc1)C1CC1. The van der Waals surface area contributed by atoms with Crippen LogP contribution in [-0.4, -0.2) is 36.2 Å². The number of alkyl halides is 3. The van der Waals surface area contributed by atoms with Gasteiger partial charge in [-0.3, -0.25) is 9.36 Å². The molecule has 0 aliphatic heterocycles. The molecule has 1 heterocycles. The average Bonchev–Trinajstić information content (AvgIpc) is 3.30. The van der Waals surface area contributed by atoms with Crippen LogP contribution in [0.3, 0.4) is 0 Å². The molecule has 1 fully saturated rings. The molecule has 1 saturated carbocycles. The van der Waals surface area contributed by atoms with Gasteiger partial charge in [0.15, 0.2) is 0 Å². The van der Waals surface area contributed by atoms with Crippen molar-refractivity contribution < 1.29 is 26.4 Å². The molecule has 6 nitrogen and oxygen atoms in total. The number of hydrogen-bond donors (Lipinski definition) is 1. The zero-order valence-electron chi connectivity index (χ0n) is 13.5. The normalized spacial score (nSPS) is 15.0. The number of nitrogens with one attached hydrogen (secondary N) is 1. The number of rotatable bonds is 6. The van der Waals surface area contributed by atoms with Crippen LogP contribution >= 0.6 is 0 Å². The minimum Gasteiger partial charge on any atom is -0.355 e. The minimum absolute atomic E-state index is 0.0214. The van der Waals surface area contributed by atoms with Crippen molar-refractivity contribution >= 4 is 15.7 Å². The van der Waals surface area contributed by atoms with Gasteiger partial charge in [-0.1, -0.05) is 0 Å². The highest BCUT2D eigenvalue weighted by molar-refractivity contribution is 7.91. The third-order valence-electron chi connectivity index (χ3n) is 3.98. The average molecular weight is 387 g/mol. The number of imidazole rings is 1. The standard InChI is InChI=1S/C16H16F3N3O3S/c17-16(18,19)12-3-5-13(6-4-12)22-9-7-21-15(22)26(24,25)10-8-20-14(23)11-1-2-11/h3-7,9,11H,1-2,8,10H2,(H,20,23). The summed E-state index contributed by atoms with van der Waals surface area (Å²) in [7, 11) is -3.82. The predicted octanol–water partition coefficient (Wildman–Crippen LogP) is 2.19. The monoisotopic (exact) mass is 387 g/mol. The van der Waals surface area contributed by atoms with Crippen LogP contribution in [0.25, 0.3) is 5.69 Å². The highest BCUT2D eigenvalue weighted by atomic mass is 32.2. The Balaban J connectivity index is 1.75. The van der Waals surface area contributed by atoms with E-state index in [1.54, 1.807) is 0 Å². The Morgan fingerprint density at radius 3 is 2.46 bits per heavy atom. The lowest BCUT2D eigenvalue weighted by Gasteiger charge is -2.11. The topological polar surface area (TPSA) is 81.1 Å². The minimum atomic E-state index is -4.47. The number of amides is 1. The summed E-state index contributed by atoms with van der Waals surface area (Å²) in [5.74, 6) is -0.526. The molecule has 0 unspecified atom stereocenters. The number of halogens is 3. The molecule has 0 bridgehead atoms. The summed E-state index contributed by atoms with van der Waals surface area (Å²) in [4.78, 5) is 15.4. The molecule has 140 valence electrons. The van der Waals surface area contributed by atoms with Crippen molar-refractivity contribution in [2.24, 2.45) is 5.92 Å². The van der Waals surface area contributed by atoms with Gasteiger partial charge in [-0.15, -0.1) is 0 Å². The summed E-state index contributed by atoms with van der Waals surface area (Å²) in [6.07, 6.45) is -0.221. The first-order chi connectivity index (χ1) is 12.2. The van der Waals surface area contributed by atoms with E-state index in [-0.39, 0.29) is 35.0 Å². The van der Waals surface area contributed by atoms with Crippen LogP contribution in [0.1, 0.15) is 18.4 Å². The molecule has 0 saturated heterocycles. The summed E-state index contributed by atoms with van der Waals surface area (Å²) in [6, 6.07) is 4.11. The van der Waals surface area contributed by atoms with Gasteiger partial charge in [-0.2, -0.15) is 13.2 Å². The number of nitrogens with zero attached hydrogens (tertiary/aromatic N) is 2. The summed E-state index contributed by atoms with van der Waals surface area (Å²) in [6.45, 7) is -0.0441. The maximum Gasteiger partial charge on any atom is 0.416 e. The molecule has 1 aliphatic carbocycles. The molecule has 3 rings (SSSR count). The molecule has 1 aromatic carbocycles. The molecule has 0 radical (unpaired) electrons. The first-order valence-electron chi connectivity index (χ1n) is 7.90. The zero-order valence-corrected chi connectivity index (χ0v) is 14.3. The molecule has 2 aromatic rings. The van der Waals surface area contributed by atoms with E-state index < -0.39 is 21.6 Å². The molecule has 0 atom stereocenters. The fraction of sp³-hybridized carbons (Fsp3) is 0.375. The van der Waals surface area contributed by atoms with Crippen molar-refractivity contribution in [3.63, 3.8) is 0 Å². The second-order valence-corrected chi connectivity index (χ2v) is 8.01. The van der Waals surface area contributed by atoms with Crippen molar-refractivity contribution in [3.8, 4) is 5.69 Å². The molecular weight excluding hydrogens is 371 g/mol. The van der Waals surface area contributed by atoms with Crippen LogP contribution in [0.5, 0.6) is 0 Å². The first kappa shape index (κ1) is 18.4. The number of carbonyl (C=O) groups excluding carboxylic acids is 1. The highest BCUT2D eigenvalue weighted by Gasteiger charge is 2.31. The maximum absolute atomic E-state index is 12.6. The summed E-state index contributed by atoms with van der Waals surface area (Å²) < 4.78 is 64.1. The van der Waals surface area contributed by atoms with E-state index in [9.17, 15) is 26.4 Å². The molecule has 10 heteroatoms. The van der Waals surface area contributed by atoms with Gasteiger partial charge in [0.2, 0.25) is 20.9 Å². The van der Waals surface area contributed by atoms with Crippen molar-refractivity contribution in [1.82, 2.24) is 14.9 Å².